The molecule has 182 valence electrons. The fraction of sp³-hybridized carbons (Fsp3) is 0.636. The lowest BCUT2D eigenvalue weighted by molar-refractivity contribution is -0.140. The maximum Gasteiger partial charge on any atom is 0.417 e. The van der Waals surface area contributed by atoms with Crippen molar-refractivity contribution in [3.8, 4) is 0 Å². The minimum atomic E-state index is -4.87. The van der Waals surface area contributed by atoms with Crippen LogP contribution in [-0.2, 0) is 25.8 Å². The first kappa shape index (κ1) is 24.0. The molecule has 0 heterocycles. The van der Waals surface area contributed by atoms with Crippen LogP contribution in [0.1, 0.15) is 45.1 Å². The molecule has 1 aromatic carbocycles. The Balaban J connectivity index is 1.56. The van der Waals surface area contributed by atoms with E-state index in [0.717, 1.165) is 25.6 Å². The Morgan fingerprint density at radius 2 is 1.73 bits per heavy atom. The van der Waals surface area contributed by atoms with Crippen molar-refractivity contribution < 1.29 is 31.2 Å². The van der Waals surface area contributed by atoms with Gasteiger partial charge in [0.25, 0.3) is 0 Å². The van der Waals surface area contributed by atoms with Gasteiger partial charge in [0.2, 0.25) is 21.8 Å². The van der Waals surface area contributed by atoms with Gasteiger partial charge in [0, 0.05) is 18.5 Å². The summed E-state index contributed by atoms with van der Waals surface area (Å²) >= 11 is 0. The maximum absolute atomic E-state index is 13.4. The Kier molecular flexibility index (Phi) is 5.40. The van der Waals surface area contributed by atoms with Crippen LogP contribution in [0, 0.1) is 23.2 Å². The van der Waals surface area contributed by atoms with E-state index in [2.05, 4.69) is 5.32 Å². The van der Waals surface area contributed by atoms with Crippen molar-refractivity contribution in [1.29, 1.82) is 0 Å². The highest BCUT2D eigenvalue weighted by molar-refractivity contribution is 7.89. The first-order chi connectivity index (χ1) is 15.1. The van der Waals surface area contributed by atoms with Gasteiger partial charge in [0.1, 0.15) is 5.54 Å². The number of hydrogen-bond donors (Lipinski definition) is 2. The van der Waals surface area contributed by atoms with E-state index in [-0.39, 0.29) is 29.7 Å². The molecule has 33 heavy (non-hydrogen) atoms. The summed E-state index contributed by atoms with van der Waals surface area (Å²) < 4.78 is 67.3. The predicted octanol–water partition coefficient (Wildman–Crippen LogP) is 2.51. The maximum atomic E-state index is 13.4. The van der Waals surface area contributed by atoms with Crippen molar-refractivity contribution in [3.05, 3.63) is 29.8 Å². The third-order valence-corrected chi connectivity index (χ3v) is 10.2. The average Bonchev–Trinajstić information content (AvgIpc) is 3.13. The highest BCUT2D eigenvalue weighted by Gasteiger charge is 2.63. The van der Waals surface area contributed by atoms with Crippen molar-refractivity contribution in [2.24, 2.45) is 28.9 Å². The molecule has 5 unspecified atom stereocenters. The Hall–Kier alpha value is -2.14. The SMILES string of the molecule is CN(C(C)(C)C(=O)NC1C2CC3CC(C(N)=O)(C2)CC31)S(=O)(=O)c1ccccc1C(F)(F)F. The number of halogens is 3. The Labute approximate surface area is 190 Å². The number of nitrogens with one attached hydrogen (secondary N) is 1. The van der Waals surface area contributed by atoms with Gasteiger partial charge in [-0.2, -0.15) is 17.5 Å². The number of hydrogen-bond acceptors (Lipinski definition) is 4. The van der Waals surface area contributed by atoms with Crippen LogP contribution in [0.4, 0.5) is 13.2 Å². The van der Waals surface area contributed by atoms with Crippen molar-refractivity contribution >= 4 is 21.8 Å². The summed E-state index contributed by atoms with van der Waals surface area (Å²) in [5, 5.41) is 2.96. The van der Waals surface area contributed by atoms with Crippen molar-refractivity contribution in [1.82, 2.24) is 9.62 Å². The molecule has 4 saturated carbocycles. The van der Waals surface area contributed by atoms with Gasteiger partial charge in [-0.25, -0.2) is 8.42 Å². The van der Waals surface area contributed by atoms with Crippen molar-refractivity contribution in [2.45, 2.75) is 62.2 Å². The van der Waals surface area contributed by atoms with Gasteiger partial charge in [-0.05, 0) is 69.4 Å². The molecule has 4 fully saturated rings. The molecule has 0 radical (unpaired) electrons. The van der Waals surface area contributed by atoms with Gasteiger partial charge in [0.05, 0.1) is 10.5 Å². The molecule has 0 aromatic heterocycles. The molecule has 4 bridgehead atoms. The summed E-state index contributed by atoms with van der Waals surface area (Å²) in [6.45, 7) is 2.73. The molecule has 1 aromatic rings. The van der Waals surface area contributed by atoms with Crippen LogP contribution in [0.15, 0.2) is 29.2 Å². The van der Waals surface area contributed by atoms with Gasteiger partial charge >= 0.3 is 6.18 Å². The molecule has 0 aliphatic heterocycles. The number of carbonyl (C=O) groups is 2. The van der Waals surface area contributed by atoms with Crippen LogP contribution in [0.2, 0.25) is 0 Å². The molecule has 5 rings (SSSR count). The van der Waals surface area contributed by atoms with Crippen LogP contribution >= 0.6 is 0 Å². The quantitative estimate of drug-likeness (QED) is 0.643. The highest BCUT2D eigenvalue weighted by atomic mass is 32.2. The zero-order chi connectivity index (χ0) is 24.6. The minimum Gasteiger partial charge on any atom is -0.369 e. The van der Waals surface area contributed by atoms with Crippen molar-refractivity contribution in [2.75, 3.05) is 7.05 Å². The number of nitrogens with zero attached hydrogens (tertiary/aromatic N) is 1. The lowest BCUT2D eigenvalue weighted by Crippen LogP contribution is -2.59. The third kappa shape index (κ3) is 3.63. The number of sulfonamides is 1. The lowest BCUT2D eigenvalue weighted by Gasteiger charge is -2.41. The molecule has 0 spiro atoms. The van der Waals surface area contributed by atoms with Gasteiger partial charge in [-0.15, -0.1) is 0 Å². The number of amides is 2. The minimum absolute atomic E-state index is 0.0719. The molecule has 4 aliphatic carbocycles. The van der Waals surface area contributed by atoms with E-state index in [0.29, 0.717) is 29.6 Å². The topological polar surface area (TPSA) is 110 Å². The number of primary amides is 1. The lowest BCUT2D eigenvalue weighted by atomic mass is 9.67. The molecule has 3 N–H and O–H groups in total. The summed E-state index contributed by atoms with van der Waals surface area (Å²) in [6.07, 6.45) is -2.09. The number of nitrogens with two attached hydrogens (primary N) is 1. The Morgan fingerprint density at radius 1 is 1.12 bits per heavy atom. The largest absolute Gasteiger partial charge is 0.417 e. The second kappa shape index (κ2) is 7.43. The van der Waals surface area contributed by atoms with E-state index in [9.17, 15) is 31.2 Å². The van der Waals surface area contributed by atoms with E-state index in [1.54, 1.807) is 0 Å². The number of alkyl halides is 3. The number of rotatable bonds is 6. The van der Waals surface area contributed by atoms with Crippen LogP contribution in [0.25, 0.3) is 0 Å². The molecule has 0 saturated heterocycles. The van der Waals surface area contributed by atoms with Crippen molar-refractivity contribution in [3.63, 3.8) is 0 Å². The summed E-state index contributed by atoms with van der Waals surface area (Å²) in [5.74, 6) is -0.456. The van der Waals surface area contributed by atoms with Crippen LogP contribution in [0.5, 0.6) is 0 Å². The number of carbonyl (C=O) groups excluding carboxylic acids is 2. The van der Waals surface area contributed by atoms with E-state index in [1.807, 2.05) is 0 Å². The van der Waals surface area contributed by atoms with Crippen LogP contribution in [-0.4, -0.2) is 43.2 Å². The molecule has 5 atom stereocenters. The van der Waals surface area contributed by atoms with Gasteiger partial charge in [-0.3, -0.25) is 9.59 Å². The fourth-order valence-corrected chi connectivity index (χ4v) is 7.86. The second-order valence-corrected chi connectivity index (χ2v) is 12.1. The Bertz CT molecular complexity index is 1100. The van der Waals surface area contributed by atoms with E-state index >= 15 is 0 Å². The Morgan fingerprint density at radius 3 is 2.30 bits per heavy atom. The predicted molar refractivity (Wildman–Crippen MR) is 113 cm³/mol. The average molecular weight is 488 g/mol. The molecular formula is C22H28F3N3O4S. The first-order valence-electron chi connectivity index (χ1n) is 10.9. The second-order valence-electron chi connectivity index (χ2n) is 10.2. The smallest absolute Gasteiger partial charge is 0.369 e. The zero-order valence-corrected chi connectivity index (χ0v) is 19.5. The summed E-state index contributed by atoms with van der Waals surface area (Å²) in [6, 6.07) is 3.70. The summed E-state index contributed by atoms with van der Waals surface area (Å²) in [7, 11) is -3.53. The van der Waals surface area contributed by atoms with Gasteiger partial charge in [-0.1, -0.05) is 12.1 Å². The van der Waals surface area contributed by atoms with Gasteiger partial charge < -0.3 is 11.1 Å². The highest BCUT2D eigenvalue weighted by Crippen LogP contribution is 2.64. The molecule has 11 heteroatoms. The number of benzene rings is 1. The van der Waals surface area contributed by atoms with E-state index in [4.69, 9.17) is 5.73 Å². The standard InChI is InChI=1S/C22H28F3N3O4S/c1-20(2,28(3)33(31,32)16-7-5-4-6-15(16)22(23,24)25)19(30)27-17-13-8-12-9-21(10-13,18(26)29)11-14(12)17/h4-7,12-14,17H,8-11H2,1-3H3,(H2,26,29)(H,27,30). The monoisotopic (exact) mass is 487 g/mol. The molecular weight excluding hydrogens is 459 g/mol. The van der Waals surface area contributed by atoms with E-state index in [1.165, 1.54) is 19.9 Å². The summed E-state index contributed by atoms with van der Waals surface area (Å²) in [4.78, 5) is 24.4. The van der Waals surface area contributed by atoms with Crippen LogP contribution < -0.4 is 11.1 Å². The normalized spacial score (nSPS) is 31.2. The molecule has 7 nitrogen and oxygen atoms in total. The third-order valence-electron chi connectivity index (χ3n) is 8.11. The summed E-state index contributed by atoms with van der Waals surface area (Å²) in [5.41, 5.74) is 2.19. The molecule has 4 aliphatic rings. The molecule has 2 amide bonds. The zero-order valence-electron chi connectivity index (χ0n) is 18.6. The fourth-order valence-electron chi connectivity index (χ4n) is 6.17. The van der Waals surface area contributed by atoms with Gasteiger partial charge in [0.15, 0.2) is 0 Å². The first-order valence-corrected chi connectivity index (χ1v) is 12.3. The van der Waals surface area contributed by atoms with Crippen LogP contribution in [0.3, 0.4) is 0 Å². The number of likely N-dealkylation sites (N-methyl/N-ethyl adjacent to an activating group) is 1. The van der Waals surface area contributed by atoms with E-state index < -0.39 is 43.5 Å².